The van der Waals surface area contributed by atoms with E-state index in [4.69, 9.17) is 26.7 Å². The lowest BCUT2D eigenvalue weighted by atomic mass is 9.87. The van der Waals surface area contributed by atoms with E-state index in [-0.39, 0.29) is 82.9 Å². The maximum Gasteiger partial charge on any atom is 0.226 e. The van der Waals surface area contributed by atoms with Crippen molar-refractivity contribution in [2.45, 2.75) is 83.2 Å². The average Bonchev–Trinajstić information content (AvgIpc) is 3.23. The second-order valence-electron chi connectivity index (χ2n) is 15.3. The highest BCUT2D eigenvalue weighted by atomic mass is 16.5. The predicted molar refractivity (Wildman–Crippen MR) is 220 cm³/mol. The number of Topliss-reactive ketones (excluding diaryl/α,β-unsaturated/α-hetero) is 3. The average molecular weight is 793 g/mol. The first-order chi connectivity index (χ1) is 28.0. The number of benzene rings is 3. The van der Waals surface area contributed by atoms with Crippen LogP contribution in [0.1, 0.15) is 90.5 Å². The quantitative estimate of drug-likeness (QED) is 0.151. The van der Waals surface area contributed by atoms with Crippen molar-refractivity contribution in [2.24, 2.45) is 29.0 Å². The molecule has 0 unspecified atom stereocenters. The first kappa shape index (κ1) is 43.7. The zero-order valence-corrected chi connectivity index (χ0v) is 33.6. The Morgan fingerprint density at radius 1 is 0.879 bits per heavy atom. The summed E-state index contributed by atoms with van der Waals surface area (Å²) >= 11 is 0. The largest absolute Gasteiger partial charge is 0.492 e. The Labute approximate surface area is 340 Å². The molecule has 1 aliphatic carbocycles. The lowest BCUT2D eigenvalue weighted by Crippen LogP contribution is -2.46. The Morgan fingerprint density at radius 2 is 1.55 bits per heavy atom. The zero-order chi connectivity index (χ0) is 41.8. The Bertz CT molecular complexity index is 2030. The number of hydrogen-bond acceptors (Lipinski definition) is 11. The maximum absolute atomic E-state index is 14.6. The highest BCUT2D eigenvalue weighted by molar-refractivity contribution is 6.00. The molecule has 0 aromatic heterocycles. The van der Waals surface area contributed by atoms with Crippen molar-refractivity contribution >= 4 is 29.2 Å². The number of ketones is 3. The van der Waals surface area contributed by atoms with Gasteiger partial charge < -0.3 is 36.9 Å². The molecule has 308 valence electrons. The number of nitrogens with zero attached hydrogens (tertiary/aromatic N) is 2. The fourth-order valence-corrected chi connectivity index (χ4v) is 7.89. The van der Waals surface area contributed by atoms with Crippen LogP contribution in [0, 0.1) is 23.2 Å². The SMILES string of the molecule is C[C@@H]1CC(=O)[C@@H](N(C)C(=O)[C@H](CCN)CC(=O)c2ccc3c(c2)CCCC3)c2ccc(OCCN)c(c2)-c2cc(ccc2OCCN)C[C@@H](C(=O)CCC#N)NC1=O. The molecule has 0 radical (unpaired) electrons. The zero-order valence-electron chi connectivity index (χ0n) is 33.6. The third kappa shape index (κ3) is 10.7. The van der Waals surface area contributed by atoms with E-state index < -0.39 is 41.5 Å². The summed E-state index contributed by atoms with van der Waals surface area (Å²) in [6.07, 6.45) is 3.97. The van der Waals surface area contributed by atoms with E-state index in [1.165, 1.54) is 17.5 Å². The van der Waals surface area contributed by atoms with Gasteiger partial charge in [0, 0.05) is 74.3 Å². The molecule has 4 atom stereocenters. The molecule has 5 rings (SSSR count). The van der Waals surface area contributed by atoms with Crippen LogP contribution in [0.2, 0.25) is 0 Å². The van der Waals surface area contributed by atoms with Gasteiger partial charge in [-0.25, -0.2) is 0 Å². The van der Waals surface area contributed by atoms with E-state index in [9.17, 15) is 29.2 Å². The molecule has 0 saturated heterocycles. The van der Waals surface area contributed by atoms with Gasteiger partial charge in [-0.05, 0) is 97.7 Å². The summed E-state index contributed by atoms with van der Waals surface area (Å²) in [5, 5.41) is 12.0. The highest BCUT2D eigenvalue weighted by Crippen LogP contribution is 2.41. The van der Waals surface area contributed by atoms with Crippen molar-refractivity contribution in [1.82, 2.24) is 10.2 Å². The first-order valence-electron chi connectivity index (χ1n) is 20.3. The van der Waals surface area contributed by atoms with E-state index in [1.54, 1.807) is 37.3 Å². The summed E-state index contributed by atoms with van der Waals surface area (Å²) < 4.78 is 12.2. The molecule has 3 aromatic carbocycles. The van der Waals surface area contributed by atoms with Crippen LogP contribution >= 0.6 is 0 Å². The number of likely N-dealkylation sites (N-methyl/N-ethyl adjacent to an activating group) is 1. The van der Waals surface area contributed by atoms with Crippen LogP contribution in [-0.4, -0.2) is 80.0 Å². The van der Waals surface area contributed by atoms with Crippen LogP contribution in [0.15, 0.2) is 54.6 Å². The Hall–Kier alpha value is -5.42. The molecule has 0 spiro atoms. The molecule has 1 heterocycles. The second kappa shape index (κ2) is 20.8. The van der Waals surface area contributed by atoms with Crippen molar-refractivity contribution in [2.75, 3.05) is 39.9 Å². The van der Waals surface area contributed by atoms with Crippen LogP contribution in [0.5, 0.6) is 11.5 Å². The summed E-state index contributed by atoms with van der Waals surface area (Å²) in [4.78, 5) is 71.4. The van der Waals surface area contributed by atoms with Crippen molar-refractivity contribution < 1.29 is 33.4 Å². The smallest absolute Gasteiger partial charge is 0.226 e. The van der Waals surface area contributed by atoms with E-state index >= 15 is 0 Å². The van der Waals surface area contributed by atoms with Gasteiger partial charge in [-0.3, -0.25) is 24.0 Å². The number of aryl methyl sites for hydroxylation is 2. The van der Waals surface area contributed by atoms with Crippen LogP contribution in [0.25, 0.3) is 11.1 Å². The summed E-state index contributed by atoms with van der Waals surface area (Å²) in [6, 6.07) is 16.2. The molecule has 1 aliphatic heterocycles. The van der Waals surface area contributed by atoms with Gasteiger partial charge in [0.25, 0.3) is 0 Å². The van der Waals surface area contributed by atoms with Gasteiger partial charge in [-0.1, -0.05) is 31.2 Å². The number of hydrogen-bond donors (Lipinski definition) is 4. The van der Waals surface area contributed by atoms with Gasteiger partial charge in [0.15, 0.2) is 17.3 Å². The van der Waals surface area contributed by atoms with Crippen molar-refractivity contribution in [3.8, 4) is 28.7 Å². The van der Waals surface area contributed by atoms with Gasteiger partial charge in [0.1, 0.15) is 30.8 Å². The standard InChI is InChI=1S/C45H56N6O7/c1-28-22-40(54)43(51(2)45(56)34(15-17-47)27-39(53)32-11-10-30-6-3-4-7-31(30)25-32)33-12-14-42(58-21-19-49)36(26-33)35-23-29(9-13-41(35)57-20-18-48)24-37(50-44(28)55)38(52)8-5-16-46/h9-14,23,25-26,28,34,37,43H,3-8,15,17-22,24,27,47-49H2,1-2H3,(H,50,55)/t28-,34-,37+,43+/m1/s1. The van der Waals surface area contributed by atoms with E-state index in [0.717, 1.165) is 31.2 Å². The van der Waals surface area contributed by atoms with Gasteiger partial charge >= 0.3 is 0 Å². The summed E-state index contributed by atoms with van der Waals surface area (Å²) in [7, 11) is 1.53. The lowest BCUT2D eigenvalue weighted by molar-refractivity contribution is -0.142. The van der Waals surface area contributed by atoms with Gasteiger partial charge in [-0.15, -0.1) is 0 Å². The number of nitrogens with two attached hydrogens (primary N) is 3. The number of nitriles is 1. The number of carbonyl (C=O) groups excluding carboxylic acids is 5. The third-order valence-corrected chi connectivity index (χ3v) is 11.0. The van der Waals surface area contributed by atoms with E-state index in [1.807, 2.05) is 30.3 Å². The predicted octanol–water partition coefficient (Wildman–Crippen LogP) is 4.15. The molecule has 4 bridgehead atoms. The summed E-state index contributed by atoms with van der Waals surface area (Å²) in [6.45, 7) is 2.58. The number of amides is 2. The van der Waals surface area contributed by atoms with E-state index in [0.29, 0.717) is 39.3 Å². The van der Waals surface area contributed by atoms with Gasteiger partial charge in [0.2, 0.25) is 11.8 Å². The number of nitrogens with one attached hydrogen (secondary N) is 1. The fraction of sp³-hybridized carbons (Fsp3) is 0.467. The molecule has 0 fully saturated rings. The number of ether oxygens (including phenoxy) is 2. The second-order valence-corrected chi connectivity index (χ2v) is 15.3. The molecule has 2 aliphatic rings. The third-order valence-electron chi connectivity index (χ3n) is 11.0. The maximum atomic E-state index is 14.6. The Kier molecular flexibility index (Phi) is 15.7. The first-order valence-corrected chi connectivity index (χ1v) is 20.3. The summed E-state index contributed by atoms with van der Waals surface area (Å²) in [5.74, 6) is -2.68. The van der Waals surface area contributed by atoms with Crippen molar-refractivity contribution in [3.63, 3.8) is 0 Å². The van der Waals surface area contributed by atoms with Crippen LogP contribution in [0.3, 0.4) is 0 Å². The molecule has 0 saturated carbocycles. The molecular weight excluding hydrogens is 737 g/mol. The van der Waals surface area contributed by atoms with Crippen molar-refractivity contribution in [1.29, 1.82) is 5.26 Å². The summed E-state index contributed by atoms with van der Waals surface area (Å²) in [5.41, 5.74) is 22.9. The normalized spacial score (nSPS) is 18.4. The van der Waals surface area contributed by atoms with Crippen LogP contribution in [-0.2, 0) is 38.4 Å². The molecule has 3 aromatic rings. The molecular formula is C45H56N6O7. The number of fused-ring (bicyclic) bond motifs is 6. The minimum Gasteiger partial charge on any atom is -0.492 e. The molecule has 13 nitrogen and oxygen atoms in total. The van der Waals surface area contributed by atoms with Gasteiger partial charge in [0.05, 0.1) is 12.1 Å². The minimum absolute atomic E-state index is 0.0168. The van der Waals surface area contributed by atoms with Crippen molar-refractivity contribution in [3.05, 3.63) is 82.4 Å². The molecule has 58 heavy (non-hydrogen) atoms. The molecule has 13 heteroatoms. The monoisotopic (exact) mass is 792 g/mol. The molecule has 2 amide bonds. The van der Waals surface area contributed by atoms with Crippen LogP contribution < -0.4 is 32.0 Å². The number of rotatable bonds is 16. The Balaban J connectivity index is 1.60. The fourth-order valence-electron chi connectivity index (χ4n) is 7.89. The lowest BCUT2D eigenvalue weighted by Gasteiger charge is -2.32. The number of carbonyl (C=O) groups is 5. The highest BCUT2D eigenvalue weighted by Gasteiger charge is 2.36. The van der Waals surface area contributed by atoms with E-state index in [2.05, 4.69) is 5.32 Å². The van der Waals surface area contributed by atoms with Crippen LogP contribution in [0.4, 0.5) is 0 Å². The topological polar surface area (TPSA) is 221 Å². The van der Waals surface area contributed by atoms with Gasteiger partial charge in [-0.2, -0.15) is 5.26 Å². The molecule has 7 N–H and O–H groups in total. The Morgan fingerprint density at radius 3 is 2.22 bits per heavy atom. The minimum atomic E-state index is -1.18.